The van der Waals surface area contributed by atoms with Crippen LogP contribution in [0.2, 0.25) is 0 Å². The van der Waals surface area contributed by atoms with Crippen LogP contribution in [0, 0.1) is 6.92 Å². The first-order valence-electron chi connectivity index (χ1n) is 7.35. The Morgan fingerprint density at radius 1 is 1.42 bits per heavy atom. The van der Waals surface area contributed by atoms with Crippen LogP contribution in [0.1, 0.15) is 22.3 Å². The van der Waals surface area contributed by atoms with Crippen molar-refractivity contribution in [2.24, 2.45) is 5.73 Å². The minimum Gasteiger partial charge on any atom is -0.478 e. The fourth-order valence-corrected chi connectivity index (χ4v) is 6.51. The highest BCUT2D eigenvalue weighted by Gasteiger charge is 2.39. The predicted octanol–water partition coefficient (Wildman–Crippen LogP) is -0.170. The maximum atomic E-state index is 13.0. The molecule has 0 radical (unpaired) electrons. The van der Waals surface area contributed by atoms with E-state index in [1.54, 1.807) is 6.92 Å². The van der Waals surface area contributed by atoms with Crippen molar-refractivity contribution in [1.82, 2.24) is 4.31 Å². The Bertz CT molecular complexity index is 848. The minimum absolute atomic E-state index is 0.0285. The molecule has 1 atom stereocenters. The highest BCUT2D eigenvalue weighted by atomic mass is 32.2. The van der Waals surface area contributed by atoms with Gasteiger partial charge in [-0.1, -0.05) is 6.07 Å². The number of carboxylic acids is 1. The molecule has 0 unspecified atom stereocenters. The Balaban J connectivity index is 2.49. The third kappa shape index (κ3) is 3.77. The number of sulfonamides is 1. The van der Waals surface area contributed by atoms with E-state index in [9.17, 15) is 21.6 Å². The SMILES string of the molecule is Cc1ccc(C(=O)O)cc1S(=O)(=O)N(CCN)[C@@H]1CCS(=O)(=O)C1. The van der Waals surface area contributed by atoms with Gasteiger partial charge in [-0.2, -0.15) is 4.31 Å². The number of carboxylic acid groups (broad SMARTS) is 1. The molecular formula is C14H20N2O6S2. The molecule has 24 heavy (non-hydrogen) atoms. The molecule has 1 aliphatic heterocycles. The Labute approximate surface area is 141 Å². The summed E-state index contributed by atoms with van der Waals surface area (Å²) in [6, 6.07) is 3.16. The topological polar surface area (TPSA) is 135 Å². The molecule has 0 amide bonds. The summed E-state index contributed by atoms with van der Waals surface area (Å²) in [4.78, 5) is 11.0. The molecule has 1 fully saturated rings. The molecule has 1 aromatic carbocycles. The summed E-state index contributed by atoms with van der Waals surface area (Å²) in [6.45, 7) is 1.57. The van der Waals surface area contributed by atoms with Gasteiger partial charge in [0.1, 0.15) is 0 Å². The smallest absolute Gasteiger partial charge is 0.335 e. The standard InChI is InChI=1S/C14H20N2O6S2/c1-10-2-3-11(14(17)18)8-13(10)24(21,22)16(6-5-15)12-4-7-23(19,20)9-12/h2-3,8,12H,4-7,9,15H2,1H3,(H,17,18)/t12-/m1/s1. The lowest BCUT2D eigenvalue weighted by molar-refractivity contribution is 0.0696. The summed E-state index contributed by atoms with van der Waals surface area (Å²) in [7, 11) is -7.33. The summed E-state index contributed by atoms with van der Waals surface area (Å²) >= 11 is 0. The number of sulfone groups is 1. The van der Waals surface area contributed by atoms with Gasteiger partial charge < -0.3 is 10.8 Å². The molecule has 8 nitrogen and oxygen atoms in total. The Morgan fingerprint density at radius 2 is 2.08 bits per heavy atom. The molecule has 2 rings (SSSR count). The van der Waals surface area contributed by atoms with Crippen molar-refractivity contribution < 1.29 is 26.7 Å². The Kier molecular flexibility index (Phi) is 5.33. The van der Waals surface area contributed by atoms with Gasteiger partial charge in [0.2, 0.25) is 10.0 Å². The fourth-order valence-electron chi connectivity index (χ4n) is 2.77. The first kappa shape index (κ1) is 18.8. The van der Waals surface area contributed by atoms with E-state index in [1.165, 1.54) is 12.1 Å². The quantitative estimate of drug-likeness (QED) is 0.703. The van der Waals surface area contributed by atoms with Crippen LogP contribution in [-0.2, 0) is 19.9 Å². The number of nitrogens with two attached hydrogens (primary N) is 1. The number of benzene rings is 1. The van der Waals surface area contributed by atoms with Crippen LogP contribution in [0.3, 0.4) is 0 Å². The van der Waals surface area contributed by atoms with E-state index >= 15 is 0 Å². The highest BCUT2D eigenvalue weighted by molar-refractivity contribution is 7.92. The number of aryl methyl sites for hydroxylation is 1. The van der Waals surface area contributed by atoms with Gasteiger partial charge in [-0.25, -0.2) is 21.6 Å². The van der Waals surface area contributed by atoms with E-state index in [1.807, 2.05) is 0 Å². The van der Waals surface area contributed by atoms with Crippen LogP contribution in [0.15, 0.2) is 23.1 Å². The molecule has 0 bridgehead atoms. The number of nitrogens with zero attached hydrogens (tertiary/aromatic N) is 1. The minimum atomic E-state index is -4.06. The van der Waals surface area contributed by atoms with Gasteiger partial charge in [0.05, 0.1) is 22.0 Å². The second-order valence-electron chi connectivity index (χ2n) is 5.75. The maximum absolute atomic E-state index is 13.0. The molecule has 1 heterocycles. The number of hydrogen-bond acceptors (Lipinski definition) is 6. The molecule has 0 saturated carbocycles. The molecule has 1 saturated heterocycles. The van der Waals surface area contributed by atoms with Crippen LogP contribution in [-0.4, -0.2) is 62.9 Å². The summed E-state index contributed by atoms with van der Waals surface area (Å²) < 4.78 is 50.5. The second-order valence-corrected chi connectivity index (χ2v) is 9.83. The zero-order chi connectivity index (χ0) is 18.1. The van der Waals surface area contributed by atoms with Crippen LogP contribution >= 0.6 is 0 Å². The van der Waals surface area contributed by atoms with Crippen molar-refractivity contribution >= 4 is 25.8 Å². The van der Waals surface area contributed by atoms with E-state index in [0.29, 0.717) is 5.56 Å². The normalized spacial score (nSPS) is 20.4. The molecule has 0 aromatic heterocycles. The third-order valence-corrected chi connectivity index (χ3v) is 7.83. The van der Waals surface area contributed by atoms with Crippen molar-refractivity contribution in [3.63, 3.8) is 0 Å². The van der Waals surface area contributed by atoms with Crippen LogP contribution < -0.4 is 5.73 Å². The highest BCUT2D eigenvalue weighted by Crippen LogP contribution is 2.27. The summed E-state index contributed by atoms with van der Waals surface area (Å²) in [5.41, 5.74) is 5.75. The lowest BCUT2D eigenvalue weighted by Crippen LogP contribution is -2.44. The van der Waals surface area contributed by atoms with E-state index in [2.05, 4.69) is 0 Å². The summed E-state index contributed by atoms with van der Waals surface area (Å²) in [5, 5.41) is 9.08. The van der Waals surface area contributed by atoms with Crippen LogP contribution in [0.4, 0.5) is 0 Å². The first-order chi connectivity index (χ1) is 11.1. The van der Waals surface area contributed by atoms with Crippen LogP contribution in [0.5, 0.6) is 0 Å². The van der Waals surface area contributed by atoms with Gasteiger partial charge in [-0.3, -0.25) is 0 Å². The van der Waals surface area contributed by atoms with E-state index in [-0.39, 0.29) is 41.5 Å². The van der Waals surface area contributed by atoms with Gasteiger partial charge in [0.15, 0.2) is 9.84 Å². The Morgan fingerprint density at radius 3 is 2.58 bits per heavy atom. The predicted molar refractivity (Wildman–Crippen MR) is 88.1 cm³/mol. The fraction of sp³-hybridized carbons (Fsp3) is 0.500. The zero-order valence-corrected chi connectivity index (χ0v) is 14.8. The van der Waals surface area contributed by atoms with Gasteiger partial charge in [-0.05, 0) is 31.0 Å². The number of aromatic carboxylic acids is 1. The molecule has 10 heteroatoms. The maximum Gasteiger partial charge on any atom is 0.335 e. The molecule has 3 N–H and O–H groups in total. The monoisotopic (exact) mass is 376 g/mol. The van der Waals surface area contributed by atoms with Crippen molar-refractivity contribution in [2.45, 2.75) is 24.3 Å². The molecular weight excluding hydrogens is 356 g/mol. The molecule has 134 valence electrons. The third-order valence-electron chi connectivity index (χ3n) is 3.99. The molecule has 0 aliphatic carbocycles. The van der Waals surface area contributed by atoms with E-state index < -0.39 is 31.9 Å². The van der Waals surface area contributed by atoms with Crippen LogP contribution in [0.25, 0.3) is 0 Å². The average Bonchev–Trinajstić information content (AvgIpc) is 2.84. The second kappa shape index (κ2) is 6.79. The molecule has 0 spiro atoms. The lowest BCUT2D eigenvalue weighted by Gasteiger charge is -2.27. The summed E-state index contributed by atoms with van der Waals surface area (Å²) in [6.07, 6.45) is 0.208. The van der Waals surface area contributed by atoms with E-state index in [0.717, 1.165) is 10.4 Å². The largest absolute Gasteiger partial charge is 0.478 e. The van der Waals surface area contributed by atoms with Gasteiger partial charge in [0.25, 0.3) is 0 Å². The average molecular weight is 376 g/mol. The van der Waals surface area contributed by atoms with Crippen molar-refractivity contribution in [2.75, 3.05) is 24.6 Å². The van der Waals surface area contributed by atoms with Gasteiger partial charge in [-0.15, -0.1) is 0 Å². The Hall–Kier alpha value is -1.49. The molecule has 1 aliphatic rings. The number of hydrogen-bond donors (Lipinski definition) is 2. The lowest BCUT2D eigenvalue weighted by atomic mass is 10.1. The molecule has 1 aromatic rings. The van der Waals surface area contributed by atoms with Crippen molar-refractivity contribution in [3.05, 3.63) is 29.3 Å². The van der Waals surface area contributed by atoms with Crippen molar-refractivity contribution in [3.8, 4) is 0 Å². The van der Waals surface area contributed by atoms with Crippen molar-refractivity contribution in [1.29, 1.82) is 0 Å². The summed E-state index contributed by atoms with van der Waals surface area (Å²) in [5.74, 6) is -1.55. The number of carbonyl (C=O) groups is 1. The number of rotatable bonds is 6. The first-order valence-corrected chi connectivity index (χ1v) is 10.6. The van der Waals surface area contributed by atoms with E-state index in [4.69, 9.17) is 10.8 Å². The zero-order valence-electron chi connectivity index (χ0n) is 13.2. The van der Waals surface area contributed by atoms with Gasteiger partial charge in [0, 0.05) is 19.1 Å². The van der Waals surface area contributed by atoms with Gasteiger partial charge >= 0.3 is 5.97 Å².